The third-order valence-corrected chi connectivity index (χ3v) is 1.33. The van der Waals surface area contributed by atoms with Gasteiger partial charge in [-0.25, -0.2) is 9.78 Å². The number of ether oxygens (including phenoxy) is 1. The van der Waals surface area contributed by atoms with Crippen molar-refractivity contribution in [3.63, 3.8) is 0 Å². The molecular weight excluding hydrogens is 201 g/mol. The number of pyridine rings is 1. The molecule has 70 valence electrons. The molecule has 0 atom stereocenters. The van der Waals surface area contributed by atoms with Crippen molar-refractivity contribution < 1.29 is 19.0 Å². The SMILES string of the molecule is O=C(O)COc1cc(Cl)cnc1F. The molecule has 0 radical (unpaired) electrons. The Morgan fingerprint density at radius 2 is 2.46 bits per heavy atom. The normalized spacial score (nSPS) is 9.69. The molecule has 0 aromatic carbocycles. The molecule has 0 bridgehead atoms. The van der Waals surface area contributed by atoms with Crippen molar-refractivity contribution in [3.05, 3.63) is 23.2 Å². The molecule has 0 fully saturated rings. The highest BCUT2D eigenvalue weighted by atomic mass is 35.5. The summed E-state index contributed by atoms with van der Waals surface area (Å²) in [6, 6.07) is 1.16. The fourth-order valence-corrected chi connectivity index (χ4v) is 0.793. The second-order valence-electron chi connectivity index (χ2n) is 2.12. The number of carbonyl (C=O) groups is 1. The van der Waals surface area contributed by atoms with Gasteiger partial charge in [0.05, 0.1) is 5.02 Å². The Balaban J connectivity index is 2.75. The van der Waals surface area contributed by atoms with Crippen LogP contribution in [0.15, 0.2) is 12.3 Å². The van der Waals surface area contributed by atoms with E-state index in [0.717, 1.165) is 12.3 Å². The number of hydrogen-bond donors (Lipinski definition) is 1. The Kier molecular flexibility index (Phi) is 3.02. The third-order valence-electron chi connectivity index (χ3n) is 1.12. The minimum atomic E-state index is -1.20. The molecule has 1 heterocycles. The van der Waals surface area contributed by atoms with Gasteiger partial charge in [0.15, 0.2) is 12.4 Å². The zero-order valence-electron chi connectivity index (χ0n) is 6.33. The van der Waals surface area contributed by atoms with Gasteiger partial charge in [0, 0.05) is 12.3 Å². The van der Waals surface area contributed by atoms with Crippen molar-refractivity contribution in [2.45, 2.75) is 0 Å². The summed E-state index contributed by atoms with van der Waals surface area (Å²) in [5.41, 5.74) is 0. The number of hydrogen-bond acceptors (Lipinski definition) is 3. The first kappa shape index (κ1) is 9.73. The van der Waals surface area contributed by atoms with Crippen LogP contribution >= 0.6 is 11.6 Å². The van der Waals surface area contributed by atoms with Gasteiger partial charge in [-0.15, -0.1) is 0 Å². The molecule has 1 aromatic rings. The lowest BCUT2D eigenvalue weighted by atomic mass is 10.4. The summed E-state index contributed by atoms with van der Waals surface area (Å²) in [4.78, 5) is 13.3. The summed E-state index contributed by atoms with van der Waals surface area (Å²) in [6.07, 6.45) is 1.10. The van der Waals surface area contributed by atoms with E-state index < -0.39 is 18.5 Å². The average Bonchev–Trinajstić information content (AvgIpc) is 2.06. The van der Waals surface area contributed by atoms with E-state index >= 15 is 0 Å². The fourth-order valence-electron chi connectivity index (χ4n) is 0.645. The van der Waals surface area contributed by atoms with E-state index in [2.05, 4.69) is 9.72 Å². The monoisotopic (exact) mass is 205 g/mol. The van der Waals surface area contributed by atoms with E-state index in [1.54, 1.807) is 0 Å². The van der Waals surface area contributed by atoms with Gasteiger partial charge in [0.1, 0.15) is 0 Å². The first-order chi connectivity index (χ1) is 6.09. The Bertz CT molecular complexity index is 332. The van der Waals surface area contributed by atoms with E-state index in [4.69, 9.17) is 16.7 Å². The molecule has 0 unspecified atom stereocenters. The molecule has 0 spiro atoms. The number of nitrogens with zero attached hydrogens (tertiary/aromatic N) is 1. The Hall–Kier alpha value is -1.36. The number of halogens is 2. The van der Waals surface area contributed by atoms with Crippen molar-refractivity contribution in [2.24, 2.45) is 0 Å². The maximum Gasteiger partial charge on any atom is 0.341 e. The number of rotatable bonds is 3. The molecule has 6 heteroatoms. The molecule has 4 nitrogen and oxygen atoms in total. The van der Waals surface area contributed by atoms with Gasteiger partial charge in [-0.05, 0) is 0 Å². The van der Waals surface area contributed by atoms with Crippen LogP contribution in [0.5, 0.6) is 5.75 Å². The first-order valence-corrected chi connectivity index (χ1v) is 3.63. The maximum absolute atomic E-state index is 12.7. The highest BCUT2D eigenvalue weighted by Crippen LogP contribution is 2.19. The van der Waals surface area contributed by atoms with E-state index in [-0.39, 0.29) is 10.8 Å². The lowest BCUT2D eigenvalue weighted by Crippen LogP contribution is -2.10. The van der Waals surface area contributed by atoms with Crippen LogP contribution in [-0.2, 0) is 4.79 Å². The molecule has 0 amide bonds. The molecule has 0 aliphatic carbocycles. The molecule has 1 aromatic heterocycles. The maximum atomic E-state index is 12.7. The number of aliphatic carboxylic acids is 1. The first-order valence-electron chi connectivity index (χ1n) is 3.25. The van der Waals surface area contributed by atoms with Crippen LogP contribution in [0, 0.1) is 5.95 Å². The molecule has 1 N–H and O–H groups in total. The summed E-state index contributed by atoms with van der Waals surface area (Å²) >= 11 is 5.48. The smallest absolute Gasteiger partial charge is 0.341 e. The molecule has 0 aliphatic rings. The minimum Gasteiger partial charge on any atom is -0.479 e. The van der Waals surface area contributed by atoms with E-state index in [9.17, 15) is 9.18 Å². The van der Waals surface area contributed by atoms with Crippen molar-refractivity contribution in [1.82, 2.24) is 4.98 Å². The van der Waals surface area contributed by atoms with Crippen molar-refractivity contribution in [3.8, 4) is 5.75 Å². The van der Waals surface area contributed by atoms with Crippen molar-refractivity contribution >= 4 is 17.6 Å². The Morgan fingerprint density at radius 1 is 1.77 bits per heavy atom. The van der Waals surface area contributed by atoms with Gasteiger partial charge in [-0.3, -0.25) is 0 Å². The molecule has 0 saturated carbocycles. The predicted molar refractivity (Wildman–Crippen MR) is 42.3 cm³/mol. The second kappa shape index (κ2) is 4.04. The minimum absolute atomic E-state index is 0.182. The van der Waals surface area contributed by atoms with E-state index in [1.165, 1.54) is 0 Å². The van der Waals surface area contributed by atoms with Crippen molar-refractivity contribution in [2.75, 3.05) is 6.61 Å². The lowest BCUT2D eigenvalue weighted by molar-refractivity contribution is -0.139. The van der Waals surface area contributed by atoms with Gasteiger partial charge in [0.25, 0.3) is 5.95 Å². The highest BCUT2D eigenvalue weighted by Gasteiger charge is 2.07. The lowest BCUT2D eigenvalue weighted by Gasteiger charge is -2.03. The second-order valence-corrected chi connectivity index (χ2v) is 2.56. The van der Waals surface area contributed by atoms with Gasteiger partial charge in [-0.1, -0.05) is 11.6 Å². The zero-order valence-corrected chi connectivity index (χ0v) is 7.08. The van der Waals surface area contributed by atoms with E-state index in [0.29, 0.717) is 0 Å². The van der Waals surface area contributed by atoms with Crippen molar-refractivity contribution in [1.29, 1.82) is 0 Å². The van der Waals surface area contributed by atoms with Crippen LogP contribution in [0.3, 0.4) is 0 Å². The van der Waals surface area contributed by atoms with Gasteiger partial charge in [-0.2, -0.15) is 4.39 Å². The largest absolute Gasteiger partial charge is 0.479 e. The topological polar surface area (TPSA) is 59.4 Å². The standard InChI is InChI=1S/C7H5ClFNO3/c8-4-1-5(7(9)10-2-4)13-3-6(11)12/h1-2H,3H2,(H,11,12). The molecule has 1 rings (SSSR count). The summed E-state index contributed by atoms with van der Waals surface area (Å²) in [5.74, 6) is -2.35. The summed E-state index contributed by atoms with van der Waals surface area (Å²) in [6.45, 7) is -0.626. The predicted octanol–water partition coefficient (Wildman–Crippen LogP) is 1.34. The van der Waals surface area contributed by atoms with E-state index in [1.807, 2.05) is 0 Å². The molecular formula is C7H5ClFNO3. The Labute approximate surface area is 77.9 Å². The third kappa shape index (κ3) is 2.87. The highest BCUT2D eigenvalue weighted by molar-refractivity contribution is 6.30. The van der Waals surface area contributed by atoms with Crippen LogP contribution in [-0.4, -0.2) is 22.7 Å². The summed E-state index contributed by atoms with van der Waals surface area (Å²) in [7, 11) is 0. The van der Waals surface area contributed by atoms with Crippen LogP contribution in [0.4, 0.5) is 4.39 Å². The number of aromatic nitrogens is 1. The van der Waals surface area contributed by atoms with Crippen LogP contribution in [0.1, 0.15) is 0 Å². The number of carboxylic acid groups (broad SMARTS) is 1. The molecule has 13 heavy (non-hydrogen) atoms. The Morgan fingerprint density at radius 3 is 3.08 bits per heavy atom. The quantitative estimate of drug-likeness (QED) is 0.757. The van der Waals surface area contributed by atoms with Gasteiger partial charge >= 0.3 is 5.97 Å². The van der Waals surface area contributed by atoms with Gasteiger partial charge < -0.3 is 9.84 Å². The summed E-state index contributed by atoms with van der Waals surface area (Å²) < 4.78 is 17.3. The molecule has 0 aliphatic heterocycles. The van der Waals surface area contributed by atoms with Gasteiger partial charge in [0.2, 0.25) is 0 Å². The fraction of sp³-hybridized carbons (Fsp3) is 0.143. The van der Waals surface area contributed by atoms with Crippen LogP contribution in [0.2, 0.25) is 5.02 Å². The average molecular weight is 206 g/mol. The zero-order chi connectivity index (χ0) is 9.84. The van der Waals surface area contributed by atoms with Crippen LogP contribution in [0.25, 0.3) is 0 Å². The summed E-state index contributed by atoms with van der Waals surface area (Å²) in [5, 5.41) is 8.42. The number of carboxylic acids is 1. The molecule has 0 saturated heterocycles. The van der Waals surface area contributed by atoms with Crippen LogP contribution < -0.4 is 4.74 Å².